The molecule has 10 nitrogen and oxygen atoms in total. The van der Waals surface area contributed by atoms with E-state index in [1.54, 1.807) is 4.52 Å². The summed E-state index contributed by atoms with van der Waals surface area (Å²) in [5, 5.41) is 11.7. The number of piperidine rings is 1. The number of anilines is 1. The molecule has 1 unspecified atom stereocenters. The zero-order valence-corrected chi connectivity index (χ0v) is 17.4. The number of carbonyl (C=O) groups excluding carboxylic acids is 1. The summed E-state index contributed by atoms with van der Waals surface area (Å²) in [6.07, 6.45) is 5.46. The zero-order valence-electron chi connectivity index (χ0n) is 17.4. The molecule has 2 aliphatic rings. The number of likely N-dealkylation sites (tertiary alicyclic amines) is 1. The molecule has 158 valence electrons. The van der Waals surface area contributed by atoms with Crippen LogP contribution in [0.1, 0.15) is 72.5 Å². The Hall–Kier alpha value is -3.04. The van der Waals surface area contributed by atoms with Crippen LogP contribution in [0, 0.1) is 13.8 Å². The molecule has 5 rings (SSSR count). The lowest BCUT2D eigenvalue weighted by atomic mass is 9.96. The molecule has 30 heavy (non-hydrogen) atoms. The number of rotatable bonds is 5. The Morgan fingerprint density at radius 2 is 2.00 bits per heavy atom. The lowest BCUT2D eigenvalue weighted by Crippen LogP contribution is -2.39. The van der Waals surface area contributed by atoms with Gasteiger partial charge in [-0.15, -0.1) is 5.10 Å². The summed E-state index contributed by atoms with van der Waals surface area (Å²) in [4.78, 5) is 28.2. The van der Waals surface area contributed by atoms with Crippen molar-refractivity contribution in [1.82, 2.24) is 39.7 Å². The molecule has 10 heteroatoms. The lowest BCUT2D eigenvalue weighted by molar-refractivity contribution is -0.132. The zero-order chi connectivity index (χ0) is 20.8. The summed E-state index contributed by atoms with van der Waals surface area (Å²) in [6.45, 7) is 5.39. The van der Waals surface area contributed by atoms with Crippen molar-refractivity contribution in [3.05, 3.63) is 28.6 Å². The fourth-order valence-corrected chi connectivity index (χ4v) is 4.40. The number of nitrogens with zero attached hydrogens (tertiary/aromatic N) is 7. The molecule has 1 aliphatic heterocycles. The Kier molecular flexibility index (Phi) is 4.63. The molecule has 3 aromatic heterocycles. The Labute approximate surface area is 174 Å². The van der Waals surface area contributed by atoms with Crippen LogP contribution >= 0.6 is 0 Å². The van der Waals surface area contributed by atoms with Crippen molar-refractivity contribution >= 4 is 17.6 Å². The van der Waals surface area contributed by atoms with Crippen LogP contribution < -0.4 is 5.73 Å². The van der Waals surface area contributed by atoms with E-state index in [-0.39, 0.29) is 17.8 Å². The van der Waals surface area contributed by atoms with Gasteiger partial charge in [0, 0.05) is 42.7 Å². The molecule has 3 aromatic rings. The van der Waals surface area contributed by atoms with Crippen molar-refractivity contribution in [2.75, 3.05) is 18.8 Å². The molecule has 0 aromatic carbocycles. The minimum Gasteiger partial charge on any atom is -0.366 e. The maximum absolute atomic E-state index is 13.0. The van der Waals surface area contributed by atoms with Crippen LogP contribution in [0.5, 0.6) is 0 Å². The van der Waals surface area contributed by atoms with Gasteiger partial charge in [0.2, 0.25) is 11.9 Å². The smallest absolute Gasteiger partial charge is 0.254 e. The van der Waals surface area contributed by atoms with Crippen molar-refractivity contribution in [1.29, 1.82) is 0 Å². The summed E-state index contributed by atoms with van der Waals surface area (Å²) in [7, 11) is 0. The van der Waals surface area contributed by atoms with Gasteiger partial charge < -0.3 is 10.6 Å². The van der Waals surface area contributed by atoms with Gasteiger partial charge in [0.1, 0.15) is 5.82 Å². The standard InChI is InChI=1S/C20H27N9O/c1-11-15(12(2)29-20(22-11)24-19(21)27-29)7-8-16(30)28-9-3-4-14(10-28)18-23-17(25-26-18)13-5-6-13/h13-14H,3-10H2,1-2H3,(H2,21,27)(H,23,25,26). The van der Waals surface area contributed by atoms with E-state index < -0.39 is 0 Å². The van der Waals surface area contributed by atoms with E-state index in [2.05, 4.69) is 25.3 Å². The molecule has 1 aliphatic carbocycles. The van der Waals surface area contributed by atoms with Gasteiger partial charge in [-0.3, -0.25) is 9.89 Å². The largest absolute Gasteiger partial charge is 0.366 e. The topological polar surface area (TPSA) is 131 Å². The van der Waals surface area contributed by atoms with Gasteiger partial charge in [-0.1, -0.05) is 0 Å². The number of hydrogen-bond donors (Lipinski definition) is 2. The van der Waals surface area contributed by atoms with Crippen LogP contribution in [0.4, 0.5) is 5.95 Å². The van der Waals surface area contributed by atoms with Crippen molar-refractivity contribution < 1.29 is 4.79 Å². The van der Waals surface area contributed by atoms with Gasteiger partial charge >= 0.3 is 0 Å². The minimum atomic E-state index is 0.162. The van der Waals surface area contributed by atoms with E-state index in [9.17, 15) is 4.79 Å². The molecule has 3 N–H and O–H groups in total. The van der Waals surface area contributed by atoms with Crippen LogP contribution in [0.15, 0.2) is 0 Å². The Balaban J connectivity index is 1.25. The maximum Gasteiger partial charge on any atom is 0.254 e. The molecule has 0 radical (unpaired) electrons. The average molecular weight is 409 g/mol. The minimum absolute atomic E-state index is 0.162. The van der Waals surface area contributed by atoms with Gasteiger partial charge in [-0.25, -0.2) is 9.97 Å². The number of aromatic amines is 1. The first kappa shape index (κ1) is 19.0. The number of H-pyrrole nitrogens is 1. The second-order valence-electron chi connectivity index (χ2n) is 8.48. The number of aromatic nitrogens is 7. The number of nitrogens with two attached hydrogens (primary N) is 1. The lowest BCUT2D eigenvalue weighted by Gasteiger charge is -2.31. The average Bonchev–Trinajstić information content (AvgIpc) is 3.34. The third-order valence-electron chi connectivity index (χ3n) is 6.28. The van der Waals surface area contributed by atoms with Crippen molar-refractivity contribution in [2.45, 2.75) is 64.2 Å². The van der Waals surface area contributed by atoms with Crippen LogP contribution in [-0.2, 0) is 11.2 Å². The van der Waals surface area contributed by atoms with Crippen molar-refractivity contribution in [2.24, 2.45) is 0 Å². The predicted octanol–water partition coefficient (Wildman–Crippen LogP) is 1.66. The third kappa shape index (κ3) is 3.50. The molecule has 2 fully saturated rings. The van der Waals surface area contributed by atoms with Gasteiger partial charge in [0.15, 0.2) is 5.82 Å². The third-order valence-corrected chi connectivity index (χ3v) is 6.28. The fourth-order valence-electron chi connectivity index (χ4n) is 4.40. The van der Waals surface area contributed by atoms with Gasteiger partial charge in [-0.05, 0) is 51.5 Å². The predicted molar refractivity (Wildman–Crippen MR) is 110 cm³/mol. The maximum atomic E-state index is 13.0. The fraction of sp³-hybridized carbons (Fsp3) is 0.600. The van der Waals surface area contributed by atoms with E-state index in [1.165, 1.54) is 12.8 Å². The summed E-state index contributed by atoms with van der Waals surface area (Å²) in [5.41, 5.74) is 8.53. The first-order valence-electron chi connectivity index (χ1n) is 10.7. The summed E-state index contributed by atoms with van der Waals surface area (Å²) >= 11 is 0. The number of fused-ring (bicyclic) bond motifs is 1. The highest BCUT2D eigenvalue weighted by Gasteiger charge is 2.31. The second-order valence-corrected chi connectivity index (χ2v) is 8.48. The first-order valence-corrected chi connectivity index (χ1v) is 10.7. The number of carbonyl (C=O) groups is 1. The van der Waals surface area contributed by atoms with Crippen LogP contribution in [0.3, 0.4) is 0 Å². The van der Waals surface area contributed by atoms with Gasteiger partial charge in [0.05, 0.1) is 0 Å². The highest BCUT2D eigenvalue weighted by molar-refractivity contribution is 5.76. The quantitative estimate of drug-likeness (QED) is 0.655. The normalized spacial score (nSPS) is 19.5. The van der Waals surface area contributed by atoms with Crippen molar-refractivity contribution in [3.8, 4) is 0 Å². The van der Waals surface area contributed by atoms with E-state index in [4.69, 9.17) is 10.7 Å². The molecule has 1 amide bonds. The van der Waals surface area contributed by atoms with E-state index >= 15 is 0 Å². The molecule has 0 bridgehead atoms. The Morgan fingerprint density at radius 1 is 1.17 bits per heavy atom. The van der Waals surface area contributed by atoms with Crippen LogP contribution in [0.25, 0.3) is 5.78 Å². The molecular weight excluding hydrogens is 382 g/mol. The molecular formula is C20H27N9O. The van der Waals surface area contributed by atoms with Gasteiger partial charge in [-0.2, -0.15) is 14.6 Å². The SMILES string of the molecule is Cc1nc2nc(N)nn2c(C)c1CCC(=O)N1CCCC(c2n[nH]c(C3CC3)n2)C1. The van der Waals surface area contributed by atoms with Crippen LogP contribution in [0.2, 0.25) is 0 Å². The summed E-state index contributed by atoms with van der Waals surface area (Å²) < 4.78 is 1.65. The highest BCUT2D eigenvalue weighted by Crippen LogP contribution is 2.38. The highest BCUT2D eigenvalue weighted by atomic mass is 16.2. The number of nitrogen functional groups attached to an aromatic ring is 1. The number of nitrogens with one attached hydrogen (secondary N) is 1. The van der Waals surface area contributed by atoms with E-state index in [1.807, 2.05) is 18.7 Å². The molecule has 1 saturated heterocycles. The number of aryl methyl sites for hydroxylation is 2. The monoisotopic (exact) mass is 409 g/mol. The molecule has 4 heterocycles. The number of amides is 1. The molecule has 0 spiro atoms. The summed E-state index contributed by atoms with van der Waals surface area (Å²) in [5.74, 6) is 3.50. The van der Waals surface area contributed by atoms with Crippen LogP contribution in [-0.4, -0.2) is 58.7 Å². The van der Waals surface area contributed by atoms with E-state index in [0.29, 0.717) is 31.1 Å². The Morgan fingerprint density at radius 3 is 2.80 bits per heavy atom. The number of hydrogen-bond acceptors (Lipinski definition) is 7. The van der Waals surface area contributed by atoms with E-state index in [0.717, 1.165) is 48.0 Å². The van der Waals surface area contributed by atoms with Crippen molar-refractivity contribution in [3.63, 3.8) is 0 Å². The second kappa shape index (κ2) is 7.33. The van der Waals surface area contributed by atoms with Gasteiger partial charge in [0.25, 0.3) is 5.78 Å². The first-order chi connectivity index (χ1) is 14.5. The summed E-state index contributed by atoms with van der Waals surface area (Å²) in [6, 6.07) is 0. The Bertz CT molecular complexity index is 1100. The molecule has 1 saturated carbocycles. The molecule has 1 atom stereocenters.